The minimum atomic E-state index is -0.966. The van der Waals surface area contributed by atoms with Crippen LogP contribution in [0.2, 0.25) is 0 Å². The Labute approximate surface area is 98.9 Å². The molecular weight excluding hydrogens is 228 g/mol. The van der Waals surface area contributed by atoms with Gasteiger partial charge in [-0.15, -0.1) is 0 Å². The Kier molecular flexibility index (Phi) is 7.32. The van der Waals surface area contributed by atoms with Crippen LogP contribution in [-0.4, -0.2) is 43.3 Å². The highest BCUT2D eigenvalue weighted by molar-refractivity contribution is 6.35. The normalized spacial score (nSPS) is 11.2. The summed E-state index contributed by atoms with van der Waals surface area (Å²) < 4.78 is 4.72. The molecule has 0 fully saturated rings. The van der Waals surface area contributed by atoms with Crippen LogP contribution in [0.3, 0.4) is 0 Å². The minimum Gasteiger partial charge on any atom is -0.464 e. The Hall–Kier alpha value is -1.92. The van der Waals surface area contributed by atoms with Gasteiger partial charge in [-0.05, 0) is 13.3 Å². The smallest absolute Gasteiger partial charge is 0.328 e. The molecule has 0 aliphatic rings. The molecule has 0 aliphatic heterocycles. The largest absolute Gasteiger partial charge is 0.464 e. The summed E-state index contributed by atoms with van der Waals surface area (Å²) in [6.07, 6.45) is 0.763. The van der Waals surface area contributed by atoms with Crippen LogP contribution in [-0.2, 0) is 23.9 Å². The molecule has 0 unspecified atom stereocenters. The van der Waals surface area contributed by atoms with Gasteiger partial charge in [0, 0.05) is 0 Å². The quantitative estimate of drug-likeness (QED) is 0.345. The molecule has 96 valence electrons. The number of aldehydes is 1. The van der Waals surface area contributed by atoms with Gasteiger partial charge in [-0.3, -0.25) is 9.59 Å². The minimum absolute atomic E-state index is 0.197. The number of nitrogens with one attached hydrogen (secondary N) is 2. The molecule has 0 radical (unpaired) electrons. The molecule has 0 heterocycles. The van der Waals surface area contributed by atoms with Gasteiger partial charge in [0.2, 0.25) is 0 Å². The molecule has 7 nitrogen and oxygen atoms in total. The predicted octanol–water partition coefficient (Wildman–Crippen LogP) is -1.24. The van der Waals surface area contributed by atoms with Crippen LogP contribution in [0, 0.1) is 0 Å². The number of amides is 2. The third-order valence-corrected chi connectivity index (χ3v) is 1.84. The Morgan fingerprint density at radius 2 is 1.88 bits per heavy atom. The molecule has 0 saturated heterocycles. The Morgan fingerprint density at radius 1 is 1.24 bits per heavy atom. The first-order valence-electron chi connectivity index (χ1n) is 5.25. The van der Waals surface area contributed by atoms with E-state index in [0.717, 1.165) is 0 Å². The summed E-state index contributed by atoms with van der Waals surface area (Å²) in [4.78, 5) is 43.7. The van der Waals surface area contributed by atoms with Gasteiger partial charge in [-0.2, -0.15) is 0 Å². The monoisotopic (exact) mass is 244 g/mol. The van der Waals surface area contributed by atoms with E-state index in [0.29, 0.717) is 12.7 Å². The van der Waals surface area contributed by atoms with Crippen molar-refractivity contribution in [1.82, 2.24) is 10.6 Å². The molecule has 0 spiro atoms. The molecule has 0 aliphatic carbocycles. The number of hydrogen-bond donors (Lipinski definition) is 2. The summed E-state index contributed by atoms with van der Waals surface area (Å²) in [5.74, 6) is -2.52. The Morgan fingerprint density at radius 3 is 2.35 bits per heavy atom. The lowest BCUT2D eigenvalue weighted by Gasteiger charge is -2.14. The van der Waals surface area contributed by atoms with Crippen LogP contribution in [0.1, 0.15) is 20.3 Å². The average molecular weight is 244 g/mol. The van der Waals surface area contributed by atoms with Crippen LogP contribution in [0.15, 0.2) is 0 Å². The molecule has 2 amide bonds. The van der Waals surface area contributed by atoms with Crippen LogP contribution < -0.4 is 10.6 Å². The van der Waals surface area contributed by atoms with Gasteiger partial charge in [0.25, 0.3) is 0 Å². The molecule has 17 heavy (non-hydrogen) atoms. The lowest BCUT2D eigenvalue weighted by Crippen LogP contribution is -2.48. The van der Waals surface area contributed by atoms with Crippen LogP contribution in [0.4, 0.5) is 0 Å². The van der Waals surface area contributed by atoms with Crippen molar-refractivity contribution in [3.63, 3.8) is 0 Å². The second-order valence-corrected chi connectivity index (χ2v) is 3.06. The van der Waals surface area contributed by atoms with E-state index in [2.05, 4.69) is 10.6 Å². The van der Waals surface area contributed by atoms with E-state index in [-0.39, 0.29) is 13.2 Å². The highest BCUT2D eigenvalue weighted by Crippen LogP contribution is 1.94. The third-order valence-electron chi connectivity index (χ3n) is 1.84. The van der Waals surface area contributed by atoms with Gasteiger partial charge in [0.15, 0.2) is 0 Å². The first kappa shape index (κ1) is 15.1. The summed E-state index contributed by atoms with van der Waals surface area (Å²) >= 11 is 0. The number of hydrogen-bond acceptors (Lipinski definition) is 5. The first-order chi connectivity index (χ1) is 8.06. The summed E-state index contributed by atoms with van der Waals surface area (Å²) in [7, 11) is 0. The van der Waals surface area contributed by atoms with Crippen LogP contribution in [0.5, 0.6) is 0 Å². The fraction of sp³-hybridized carbons (Fsp3) is 0.600. The SMILES string of the molecule is CCOC(=O)[C@H](CC)NC(=O)C(=O)NCC=O. The van der Waals surface area contributed by atoms with E-state index in [9.17, 15) is 19.2 Å². The Balaban J connectivity index is 4.27. The Bertz CT molecular complexity index is 303. The third kappa shape index (κ3) is 5.64. The van der Waals surface area contributed by atoms with Crippen molar-refractivity contribution in [3.05, 3.63) is 0 Å². The fourth-order valence-electron chi connectivity index (χ4n) is 1.01. The highest BCUT2D eigenvalue weighted by atomic mass is 16.5. The summed E-state index contributed by atoms with van der Waals surface area (Å²) in [5.41, 5.74) is 0. The standard InChI is InChI=1S/C10H16N2O5/c1-3-7(10(16)17-4-2)12-9(15)8(14)11-5-6-13/h6-7H,3-5H2,1-2H3,(H,11,14)(H,12,15)/t7-/m0/s1. The summed E-state index contributed by atoms with van der Waals surface area (Å²) in [5, 5.41) is 4.28. The van der Waals surface area contributed by atoms with Crippen LogP contribution in [0.25, 0.3) is 0 Å². The van der Waals surface area contributed by atoms with Crippen molar-refractivity contribution in [2.24, 2.45) is 0 Å². The van der Waals surface area contributed by atoms with E-state index in [1.54, 1.807) is 13.8 Å². The molecule has 2 N–H and O–H groups in total. The first-order valence-corrected chi connectivity index (χ1v) is 5.25. The topological polar surface area (TPSA) is 102 Å². The molecule has 0 saturated carbocycles. The lowest BCUT2D eigenvalue weighted by molar-refractivity contribution is -0.148. The number of carbonyl (C=O) groups is 4. The summed E-state index contributed by atoms with van der Waals surface area (Å²) in [6.45, 7) is 3.26. The summed E-state index contributed by atoms with van der Waals surface area (Å²) in [6, 6.07) is -0.857. The van der Waals surface area contributed by atoms with Crippen molar-refractivity contribution in [3.8, 4) is 0 Å². The molecule has 0 bridgehead atoms. The van der Waals surface area contributed by atoms with E-state index < -0.39 is 23.8 Å². The number of carbonyl (C=O) groups excluding carboxylic acids is 4. The van der Waals surface area contributed by atoms with Gasteiger partial charge in [-0.25, -0.2) is 4.79 Å². The maximum Gasteiger partial charge on any atom is 0.328 e. The van der Waals surface area contributed by atoms with Gasteiger partial charge in [0.1, 0.15) is 12.3 Å². The molecule has 0 aromatic rings. The molecule has 0 aromatic carbocycles. The number of esters is 1. The predicted molar refractivity (Wildman–Crippen MR) is 57.9 cm³/mol. The number of ether oxygens (including phenoxy) is 1. The zero-order chi connectivity index (χ0) is 13.3. The van der Waals surface area contributed by atoms with Crippen molar-refractivity contribution in [2.45, 2.75) is 26.3 Å². The van der Waals surface area contributed by atoms with Gasteiger partial charge >= 0.3 is 17.8 Å². The van der Waals surface area contributed by atoms with Gasteiger partial charge < -0.3 is 20.2 Å². The van der Waals surface area contributed by atoms with Crippen LogP contribution >= 0.6 is 0 Å². The van der Waals surface area contributed by atoms with E-state index in [1.165, 1.54) is 0 Å². The van der Waals surface area contributed by atoms with Crippen molar-refractivity contribution >= 4 is 24.1 Å². The molecule has 0 aromatic heterocycles. The van der Waals surface area contributed by atoms with E-state index in [1.807, 2.05) is 0 Å². The number of rotatable bonds is 6. The zero-order valence-corrected chi connectivity index (χ0v) is 9.82. The average Bonchev–Trinajstić information content (AvgIpc) is 2.32. The van der Waals surface area contributed by atoms with Crippen molar-refractivity contribution < 1.29 is 23.9 Å². The lowest BCUT2D eigenvalue weighted by atomic mass is 10.2. The molecule has 7 heteroatoms. The van der Waals surface area contributed by atoms with Crippen molar-refractivity contribution in [1.29, 1.82) is 0 Å². The second kappa shape index (κ2) is 8.26. The highest BCUT2D eigenvalue weighted by Gasteiger charge is 2.23. The molecule has 0 rings (SSSR count). The zero-order valence-electron chi connectivity index (χ0n) is 9.82. The fourth-order valence-corrected chi connectivity index (χ4v) is 1.01. The van der Waals surface area contributed by atoms with Gasteiger partial charge in [-0.1, -0.05) is 6.92 Å². The maximum atomic E-state index is 11.3. The van der Waals surface area contributed by atoms with Crippen molar-refractivity contribution in [2.75, 3.05) is 13.2 Å². The van der Waals surface area contributed by atoms with E-state index >= 15 is 0 Å². The maximum absolute atomic E-state index is 11.3. The second-order valence-electron chi connectivity index (χ2n) is 3.06. The molecule has 1 atom stereocenters. The van der Waals surface area contributed by atoms with E-state index in [4.69, 9.17) is 4.74 Å². The molecular formula is C10H16N2O5. The van der Waals surface area contributed by atoms with Gasteiger partial charge in [0.05, 0.1) is 13.2 Å².